The van der Waals surface area contributed by atoms with Gasteiger partial charge in [-0.25, -0.2) is 9.55 Å². The lowest BCUT2D eigenvalue weighted by Crippen LogP contribution is -2.05. The molecule has 2 N–H and O–H groups in total. The van der Waals surface area contributed by atoms with Gasteiger partial charge < -0.3 is 20.3 Å². The van der Waals surface area contributed by atoms with Gasteiger partial charge in [0.05, 0.1) is 12.3 Å². The van der Waals surface area contributed by atoms with E-state index in [-0.39, 0.29) is 17.7 Å². The lowest BCUT2D eigenvalue weighted by molar-refractivity contribution is -0.391. The zero-order chi connectivity index (χ0) is 13.3. The predicted octanol–water partition coefficient (Wildman–Crippen LogP) is 0.507. The van der Waals surface area contributed by atoms with E-state index in [9.17, 15) is 10.1 Å². The second kappa shape index (κ2) is 4.64. The fourth-order valence-corrected chi connectivity index (χ4v) is 1.71. The summed E-state index contributed by atoms with van der Waals surface area (Å²) in [5, 5.41) is 17.4. The van der Waals surface area contributed by atoms with Crippen molar-refractivity contribution in [1.82, 2.24) is 19.7 Å². The molecule has 1 unspecified atom stereocenters. The van der Waals surface area contributed by atoms with Crippen LogP contribution in [0.2, 0.25) is 0 Å². The van der Waals surface area contributed by atoms with Crippen LogP contribution in [0.3, 0.4) is 0 Å². The summed E-state index contributed by atoms with van der Waals surface area (Å²) < 4.78 is 6.40. The second-order valence-corrected chi connectivity index (χ2v) is 4.17. The van der Waals surface area contributed by atoms with Gasteiger partial charge >= 0.3 is 11.8 Å². The molecule has 9 nitrogen and oxygen atoms in total. The molecule has 0 spiro atoms. The van der Waals surface area contributed by atoms with E-state index in [1.807, 2.05) is 0 Å². The number of hydrogen-bond acceptors (Lipinski definition) is 8. The van der Waals surface area contributed by atoms with Gasteiger partial charge in [0.25, 0.3) is 0 Å². The highest BCUT2D eigenvalue weighted by Crippen LogP contribution is 2.24. The minimum absolute atomic E-state index is 0.0464. The van der Waals surface area contributed by atoms with Crippen LogP contribution < -0.4 is 5.73 Å². The van der Waals surface area contributed by atoms with E-state index >= 15 is 0 Å². The van der Waals surface area contributed by atoms with E-state index in [2.05, 4.69) is 27.8 Å². The van der Waals surface area contributed by atoms with Crippen molar-refractivity contribution in [3.05, 3.63) is 28.0 Å². The number of aromatic nitrogens is 4. The molecule has 0 radical (unpaired) electrons. The van der Waals surface area contributed by atoms with Crippen molar-refractivity contribution in [2.24, 2.45) is 7.05 Å². The largest absolute Gasteiger partial charge is 0.407 e. The fourth-order valence-electron chi connectivity index (χ4n) is 1.44. The third-order valence-corrected chi connectivity index (χ3v) is 2.77. The first-order valence-electron chi connectivity index (χ1n) is 4.91. The van der Waals surface area contributed by atoms with Crippen LogP contribution in [-0.2, 0) is 13.5 Å². The van der Waals surface area contributed by atoms with Crippen LogP contribution in [-0.4, -0.2) is 24.7 Å². The van der Waals surface area contributed by atoms with Crippen LogP contribution in [0.1, 0.15) is 17.0 Å². The van der Waals surface area contributed by atoms with Crippen molar-refractivity contribution in [2.45, 2.75) is 11.7 Å². The van der Waals surface area contributed by atoms with Gasteiger partial charge in [-0.05, 0) is 4.92 Å². The summed E-state index contributed by atoms with van der Waals surface area (Å²) in [6, 6.07) is -0.0464. The summed E-state index contributed by atoms with van der Waals surface area (Å²) in [6.45, 7) is 0. The van der Waals surface area contributed by atoms with Crippen molar-refractivity contribution in [1.29, 1.82) is 0 Å². The predicted molar refractivity (Wildman–Crippen MR) is 64.0 cm³/mol. The van der Waals surface area contributed by atoms with Gasteiger partial charge in [-0.3, -0.25) is 0 Å². The second-order valence-electron chi connectivity index (χ2n) is 3.55. The highest BCUT2D eigenvalue weighted by atomic mass is 32.1. The van der Waals surface area contributed by atoms with Crippen molar-refractivity contribution in [2.75, 3.05) is 5.73 Å². The molecule has 0 amide bonds. The molecular formula is C8H10N6O3S. The van der Waals surface area contributed by atoms with Crippen LogP contribution in [0.4, 0.5) is 11.8 Å². The molecule has 18 heavy (non-hydrogen) atoms. The number of hydrogen-bond donors (Lipinski definition) is 2. The van der Waals surface area contributed by atoms with Gasteiger partial charge in [0, 0.05) is 6.42 Å². The van der Waals surface area contributed by atoms with Crippen molar-refractivity contribution in [3.63, 3.8) is 0 Å². The molecule has 0 aliphatic carbocycles. The summed E-state index contributed by atoms with van der Waals surface area (Å²) in [5.74, 6) is 0.663. The molecule has 2 rings (SSSR count). The highest BCUT2D eigenvalue weighted by Gasteiger charge is 2.22. The van der Waals surface area contributed by atoms with E-state index < -0.39 is 10.2 Å². The number of thiol groups is 1. The van der Waals surface area contributed by atoms with Gasteiger partial charge in [0.15, 0.2) is 5.82 Å². The molecule has 2 aromatic heterocycles. The maximum atomic E-state index is 10.7. The molecule has 2 aromatic rings. The Morgan fingerprint density at radius 3 is 2.89 bits per heavy atom. The summed E-state index contributed by atoms with van der Waals surface area (Å²) in [7, 11) is 1.56. The average molecular weight is 270 g/mol. The van der Waals surface area contributed by atoms with Gasteiger partial charge in [0.1, 0.15) is 6.20 Å². The number of anilines is 1. The fraction of sp³-hybridized carbons (Fsp3) is 0.375. The van der Waals surface area contributed by atoms with Gasteiger partial charge in [-0.2, -0.15) is 12.6 Å². The Kier molecular flexibility index (Phi) is 3.19. The first-order chi connectivity index (χ1) is 8.49. The monoisotopic (exact) mass is 270 g/mol. The smallest absolute Gasteiger partial charge is 0.342 e. The molecular weight excluding hydrogens is 260 g/mol. The number of imidazole rings is 1. The molecule has 1 atom stereocenters. The number of rotatable bonds is 4. The van der Waals surface area contributed by atoms with E-state index in [1.54, 1.807) is 7.05 Å². The number of nitro groups is 1. The Morgan fingerprint density at radius 2 is 2.39 bits per heavy atom. The Morgan fingerprint density at radius 1 is 1.67 bits per heavy atom. The van der Waals surface area contributed by atoms with Crippen LogP contribution in [0.25, 0.3) is 0 Å². The lowest BCUT2D eigenvalue weighted by Gasteiger charge is -2.03. The molecule has 0 saturated heterocycles. The quantitative estimate of drug-likeness (QED) is 0.470. The summed E-state index contributed by atoms with van der Waals surface area (Å²) in [4.78, 5) is 14.1. The third-order valence-electron chi connectivity index (χ3n) is 2.36. The van der Waals surface area contributed by atoms with Crippen molar-refractivity contribution < 1.29 is 9.34 Å². The molecule has 0 fully saturated rings. The third kappa shape index (κ3) is 2.27. The van der Waals surface area contributed by atoms with E-state index in [1.165, 1.54) is 10.8 Å². The van der Waals surface area contributed by atoms with Crippen LogP contribution >= 0.6 is 12.6 Å². The topological polar surface area (TPSA) is 126 Å². The first-order valence-corrected chi connectivity index (χ1v) is 5.42. The molecule has 0 aliphatic rings. The summed E-state index contributed by atoms with van der Waals surface area (Å²) >= 11 is 4.28. The Bertz CT molecular complexity index is 579. The molecule has 96 valence electrons. The van der Waals surface area contributed by atoms with Gasteiger partial charge in [0.2, 0.25) is 5.89 Å². The van der Waals surface area contributed by atoms with Crippen molar-refractivity contribution in [3.8, 4) is 0 Å². The zero-order valence-corrected chi connectivity index (χ0v) is 10.2. The highest BCUT2D eigenvalue weighted by molar-refractivity contribution is 7.80. The van der Waals surface area contributed by atoms with Gasteiger partial charge in [-0.1, -0.05) is 5.10 Å². The molecule has 2 heterocycles. The Labute approximate surface area is 107 Å². The molecule has 0 aromatic carbocycles. The van der Waals surface area contributed by atoms with Crippen LogP contribution in [0, 0.1) is 10.1 Å². The Hall–Kier alpha value is -2.10. The first kappa shape index (κ1) is 12.4. The molecule has 10 heteroatoms. The Balaban J connectivity index is 2.17. The SMILES string of the molecule is Cn1c([N+](=O)[O-])cnc1CC(S)c1nnc(N)o1. The zero-order valence-electron chi connectivity index (χ0n) is 9.35. The van der Waals surface area contributed by atoms with Crippen LogP contribution in [0.5, 0.6) is 0 Å². The van der Waals surface area contributed by atoms with E-state index in [4.69, 9.17) is 10.2 Å². The maximum Gasteiger partial charge on any atom is 0.342 e. The van der Waals surface area contributed by atoms with Gasteiger partial charge in [-0.15, -0.1) is 5.10 Å². The number of nitrogen functional groups attached to an aromatic ring is 1. The van der Waals surface area contributed by atoms with Crippen molar-refractivity contribution >= 4 is 24.5 Å². The number of nitrogens with two attached hydrogens (primary N) is 1. The molecule has 0 bridgehead atoms. The van der Waals surface area contributed by atoms with E-state index in [0.717, 1.165) is 0 Å². The lowest BCUT2D eigenvalue weighted by atomic mass is 10.3. The normalized spacial score (nSPS) is 12.6. The average Bonchev–Trinajstić information content (AvgIpc) is 2.86. The standard InChI is InChI=1S/C8H10N6O3S/c1-13-5(10-3-6(13)14(15)16)2-4(18)7-11-12-8(9)17-7/h3-4,18H,2H2,1H3,(H2,9,12). The van der Waals surface area contributed by atoms with E-state index in [0.29, 0.717) is 12.2 Å². The number of nitrogens with zero attached hydrogens (tertiary/aromatic N) is 5. The minimum Gasteiger partial charge on any atom is -0.407 e. The maximum absolute atomic E-state index is 10.7. The molecule has 0 saturated carbocycles. The summed E-state index contributed by atoms with van der Waals surface area (Å²) in [5.41, 5.74) is 5.30. The minimum atomic E-state index is -0.505. The van der Waals surface area contributed by atoms with Crippen LogP contribution in [0.15, 0.2) is 10.6 Å². The molecule has 0 aliphatic heterocycles. The summed E-state index contributed by atoms with van der Waals surface area (Å²) in [6.07, 6.45) is 1.51.